The van der Waals surface area contributed by atoms with Gasteiger partial charge in [-0.3, -0.25) is 0 Å². The van der Waals surface area contributed by atoms with Crippen LogP contribution in [-0.4, -0.2) is 15.5 Å². The van der Waals surface area contributed by atoms with Crippen LogP contribution in [0.4, 0.5) is 0 Å². The Morgan fingerprint density at radius 1 is 0.875 bits per heavy atom. The average molecular weight is 354 g/mol. The minimum Gasteiger partial charge on any atom is -0.250 e. The highest BCUT2D eigenvalue weighted by molar-refractivity contribution is 8.00. The zero-order valence-corrected chi connectivity index (χ0v) is 16.0. The zero-order chi connectivity index (χ0) is 16.9. The summed E-state index contributed by atoms with van der Waals surface area (Å²) >= 11 is 3.75. The fourth-order valence-electron chi connectivity index (χ4n) is 2.69. The van der Waals surface area contributed by atoms with E-state index in [2.05, 4.69) is 80.4 Å². The fourth-order valence-corrected chi connectivity index (χ4v) is 4.51. The molecular weight excluding hydrogens is 330 g/mol. The second-order valence-electron chi connectivity index (χ2n) is 6.31. The molecule has 0 saturated heterocycles. The Hall–Kier alpha value is -1.45. The topological polar surface area (TPSA) is 12.9 Å². The largest absolute Gasteiger partial charge is 0.250 e. The van der Waals surface area contributed by atoms with Gasteiger partial charge in [-0.25, -0.2) is 4.98 Å². The van der Waals surface area contributed by atoms with Crippen LogP contribution in [0.15, 0.2) is 70.7 Å². The Labute approximate surface area is 153 Å². The second kappa shape index (κ2) is 8.09. The lowest BCUT2D eigenvalue weighted by molar-refractivity contribution is 0.921. The van der Waals surface area contributed by atoms with Crippen LogP contribution in [0.25, 0.3) is 10.8 Å². The van der Waals surface area contributed by atoms with Gasteiger partial charge in [0.25, 0.3) is 0 Å². The number of thioether (sulfide) groups is 2. The minimum absolute atomic E-state index is 0.525. The molecule has 0 aliphatic heterocycles. The van der Waals surface area contributed by atoms with Crippen molar-refractivity contribution >= 4 is 34.3 Å². The number of benzene rings is 2. The van der Waals surface area contributed by atoms with Crippen molar-refractivity contribution in [1.29, 1.82) is 0 Å². The van der Waals surface area contributed by atoms with Crippen molar-refractivity contribution in [1.82, 2.24) is 4.98 Å². The predicted molar refractivity (Wildman–Crippen MR) is 108 cm³/mol. The summed E-state index contributed by atoms with van der Waals surface area (Å²) in [7, 11) is 0. The highest BCUT2D eigenvalue weighted by Crippen LogP contribution is 2.29. The summed E-state index contributed by atoms with van der Waals surface area (Å²) < 4.78 is 0. The van der Waals surface area contributed by atoms with E-state index in [0.717, 1.165) is 11.4 Å². The Balaban J connectivity index is 1.62. The molecule has 3 heteroatoms. The molecule has 124 valence electrons. The maximum Gasteiger partial charge on any atom is 0.0962 e. The molecule has 0 bridgehead atoms. The molecule has 2 aromatic carbocycles. The Morgan fingerprint density at radius 2 is 1.67 bits per heavy atom. The molecule has 3 aromatic rings. The third kappa shape index (κ3) is 4.78. The minimum atomic E-state index is 0.525. The normalized spacial score (nSPS) is 12.7. The number of pyridine rings is 1. The average Bonchev–Trinajstić information content (AvgIpc) is 2.56. The van der Waals surface area contributed by atoms with E-state index in [4.69, 9.17) is 0 Å². The van der Waals surface area contributed by atoms with E-state index < -0.39 is 0 Å². The fraction of sp³-hybridized carbons (Fsp3) is 0.286. The lowest BCUT2D eigenvalue weighted by Gasteiger charge is -2.12. The van der Waals surface area contributed by atoms with Gasteiger partial charge in [0.05, 0.1) is 5.03 Å². The van der Waals surface area contributed by atoms with Gasteiger partial charge in [0, 0.05) is 21.6 Å². The first-order valence-electron chi connectivity index (χ1n) is 8.37. The summed E-state index contributed by atoms with van der Waals surface area (Å²) in [6.07, 6.45) is 3.07. The molecule has 0 saturated carbocycles. The molecule has 1 aromatic heterocycles. The number of rotatable bonds is 6. The Kier molecular flexibility index (Phi) is 5.85. The third-order valence-corrected chi connectivity index (χ3v) is 5.78. The first-order chi connectivity index (χ1) is 11.6. The standard InChI is InChI=1S/C21H23NS2/c1-15(2)23-21-11-8-17(14-22-21)12-16(3)24-20-10-9-18-6-4-5-7-19(18)13-20/h4-11,13-16H,12H2,1-3H3. The van der Waals surface area contributed by atoms with E-state index >= 15 is 0 Å². The van der Waals surface area contributed by atoms with Crippen LogP contribution in [0.1, 0.15) is 26.3 Å². The molecule has 24 heavy (non-hydrogen) atoms. The van der Waals surface area contributed by atoms with Gasteiger partial charge >= 0.3 is 0 Å². The highest BCUT2D eigenvalue weighted by Gasteiger charge is 2.08. The van der Waals surface area contributed by atoms with Crippen LogP contribution >= 0.6 is 23.5 Å². The molecule has 0 spiro atoms. The number of nitrogens with zero attached hydrogens (tertiary/aromatic N) is 1. The van der Waals surface area contributed by atoms with Gasteiger partial charge in [-0.05, 0) is 41.0 Å². The lowest BCUT2D eigenvalue weighted by Crippen LogP contribution is -2.02. The van der Waals surface area contributed by atoms with Crippen LogP contribution < -0.4 is 0 Å². The summed E-state index contributed by atoms with van der Waals surface area (Å²) in [5.41, 5.74) is 1.31. The van der Waals surface area contributed by atoms with Crippen molar-refractivity contribution in [2.24, 2.45) is 0 Å². The van der Waals surface area contributed by atoms with E-state index in [1.165, 1.54) is 21.2 Å². The van der Waals surface area contributed by atoms with E-state index in [-0.39, 0.29) is 0 Å². The molecular formula is C21H23NS2. The van der Waals surface area contributed by atoms with Crippen molar-refractivity contribution in [3.63, 3.8) is 0 Å². The molecule has 0 aliphatic rings. The second-order valence-corrected chi connectivity index (χ2v) is 9.42. The molecule has 1 unspecified atom stereocenters. The number of hydrogen-bond acceptors (Lipinski definition) is 3. The third-order valence-electron chi connectivity index (χ3n) is 3.74. The molecule has 1 heterocycles. The number of fused-ring (bicyclic) bond motifs is 1. The van der Waals surface area contributed by atoms with Gasteiger partial charge in [0.1, 0.15) is 0 Å². The molecule has 0 radical (unpaired) electrons. The monoisotopic (exact) mass is 353 g/mol. The van der Waals surface area contributed by atoms with E-state index in [0.29, 0.717) is 10.5 Å². The summed E-state index contributed by atoms with van der Waals surface area (Å²) in [4.78, 5) is 5.91. The van der Waals surface area contributed by atoms with Gasteiger partial charge in [0.15, 0.2) is 0 Å². The summed E-state index contributed by atoms with van der Waals surface area (Å²) in [5.74, 6) is 0. The summed E-state index contributed by atoms with van der Waals surface area (Å²) in [5, 5.41) is 4.83. The Morgan fingerprint density at radius 3 is 2.38 bits per heavy atom. The summed E-state index contributed by atoms with van der Waals surface area (Å²) in [6, 6.07) is 19.6. The molecule has 1 nitrogen and oxygen atoms in total. The van der Waals surface area contributed by atoms with Crippen LogP contribution in [0.5, 0.6) is 0 Å². The first-order valence-corrected chi connectivity index (χ1v) is 10.1. The maximum atomic E-state index is 4.57. The molecule has 1 atom stereocenters. The van der Waals surface area contributed by atoms with Gasteiger partial charge in [-0.15, -0.1) is 23.5 Å². The quantitative estimate of drug-likeness (QED) is 0.472. The molecule has 3 rings (SSSR count). The number of aromatic nitrogens is 1. The molecule has 0 N–H and O–H groups in total. The SMILES string of the molecule is CC(C)Sc1ccc(CC(C)Sc2ccc3ccccc3c2)cn1. The van der Waals surface area contributed by atoms with E-state index in [1.807, 2.05) is 29.7 Å². The van der Waals surface area contributed by atoms with E-state index in [9.17, 15) is 0 Å². The summed E-state index contributed by atoms with van der Waals surface area (Å²) in [6.45, 7) is 6.68. The lowest BCUT2D eigenvalue weighted by atomic mass is 10.1. The van der Waals surface area contributed by atoms with Crippen molar-refractivity contribution < 1.29 is 0 Å². The van der Waals surface area contributed by atoms with Crippen LogP contribution in [-0.2, 0) is 6.42 Å². The highest BCUT2D eigenvalue weighted by atomic mass is 32.2. The Bertz CT molecular complexity index is 796. The van der Waals surface area contributed by atoms with Crippen molar-refractivity contribution in [3.8, 4) is 0 Å². The van der Waals surface area contributed by atoms with Crippen LogP contribution in [0.2, 0.25) is 0 Å². The van der Waals surface area contributed by atoms with Gasteiger partial charge in [-0.2, -0.15) is 0 Å². The zero-order valence-electron chi connectivity index (χ0n) is 14.4. The van der Waals surface area contributed by atoms with E-state index in [1.54, 1.807) is 0 Å². The van der Waals surface area contributed by atoms with Gasteiger partial charge in [-0.1, -0.05) is 57.2 Å². The van der Waals surface area contributed by atoms with Crippen LogP contribution in [0, 0.1) is 0 Å². The van der Waals surface area contributed by atoms with Gasteiger partial charge in [0.2, 0.25) is 0 Å². The number of hydrogen-bond donors (Lipinski definition) is 0. The van der Waals surface area contributed by atoms with Crippen LogP contribution in [0.3, 0.4) is 0 Å². The first kappa shape index (κ1) is 17.4. The molecule has 0 amide bonds. The van der Waals surface area contributed by atoms with Gasteiger partial charge < -0.3 is 0 Å². The predicted octanol–water partition coefficient (Wildman–Crippen LogP) is 6.46. The smallest absolute Gasteiger partial charge is 0.0962 e. The van der Waals surface area contributed by atoms with Crippen molar-refractivity contribution in [2.45, 2.75) is 47.6 Å². The van der Waals surface area contributed by atoms with Crippen molar-refractivity contribution in [2.75, 3.05) is 0 Å². The van der Waals surface area contributed by atoms with Crippen molar-refractivity contribution in [3.05, 3.63) is 66.4 Å². The molecule has 0 aliphatic carbocycles. The maximum absolute atomic E-state index is 4.57. The molecule has 0 fully saturated rings.